The number of benzene rings is 2. The summed E-state index contributed by atoms with van der Waals surface area (Å²) in [4.78, 5) is 35.8. The van der Waals surface area contributed by atoms with Crippen LogP contribution >= 0.6 is 0 Å². The zero-order valence-electron chi connectivity index (χ0n) is 17.4. The van der Waals surface area contributed by atoms with Crippen LogP contribution in [0.4, 0.5) is 5.69 Å². The van der Waals surface area contributed by atoms with E-state index in [1.807, 2.05) is 6.07 Å². The minimum absolute atomic E-state index is 0.0433. The maximum atomic E-state index is 12.1. The number of nitrogens with one attached hydrogen (secondary N) is 1. The molecule has 0 spiro atoms. The standard InChI is InChI=1S/C25H27NO5/c27-21-16-19(23(28)17-21)10-4-1-2-7-11-24(29)31-22-14-12-20(13-15-22)26-25(30)18-8-5-3-6-9-18/h3,5-6,8-9,12-16,21,27H,1-2,4,7,10-11,17H2,(H,26,30). The molecule has 3 rings (SSSR count). The van der Waals surface area contributed by atoms with Gasteiger partial charge in [-0.3, -0.25) is 14.4 Å². The lowest BCUT2D eigenvalue weighted by Crippen LogP contribution is -2.11. The molecule has 1 unspecified atom stereocenters. The summed E-state index contributed by atoms with van der Waals surface area (Å²) in [6.45, 7) is 0. The summed E-state index contributed by atoms with van der Waals surface area (Å²) in [5.41, 5.74) is 1.93. The predicted octanol–water partition coefficient (Wildman–Crippen LogP) is 4.45. The number of esters is 1. The molecule has 6 heteroatoms. The molecular formula is C25H27NO5. The first kappa shape index (κ1) is 22.4. The molecule has 2 aromatic rings. The molecule has 0 radical (unpaired) electrons. The molecular weight excluding hydrogens is 394 g/mol. The van der Waals surface area contributed by atoms with Crippen molar-refractivity contribution in [2.24, 2.45) is 0 Å². The van der Waals surface area contributed by atoms with E-state index in [0.29, 0.717) is 29.8 Å². The first-order valence-corrected chi connectivity index (χ1v) is 10.6. The van der Waals surface area contributed by atoms with Crippen LogP contribution in [0.15, 0.2) is 66.2 Å². The van der Waals surface area contributed by atoms with Gasteiger partial charge in [0.25, 0.3) is 5.91 Å². The molecule has 1 aliphatic rings. The van der Waals surface area contributed by atoms with E-state index in [9.17, 15) is 19.5 Å². The van der Waals surface area contributed by atoms with Gasteiger partial charge in [-0.2, -0.15) is 0 Å². The van der Waals surface area contributed by atoms with Crippen molar-refractivity contribution in [3.8, 4) is 5.75 Å². The molecule has 2 aromatic carbocycles. The Kier molecular flexibility index (Phi) is 8.12. The molecule has 0 fully saturated rings. The lowest BCUT2D eigenvalue weighted by atomic mass is 10.0. The van der Waals surface area contributed by atoms with Crippen molar-refractivity contribution in [3.63, 3.8) is 0 Å². The van der Waals surface area contributed by atoms with E-state index in [-0.39, 0.29) is 24.1 Å². The summed E-state index contributed by atoms with van der Waals surface area (Å²) in [7, 11) is 0. The Morgan fingerprint density at radius 3 is 2.35 bits per heavy atom. The fourth-order valence-electron chi connectivity index (χ4n) is 3.45. The van der Waals surface area contributed by atoms with Gasteiger partial charge in [-0.15, -0.1) is 0 Å². The number of amides is 1. The smallest absolute Gasteiger partial charge is 0.311 e. The van der Waals surface area contributed by atoms with E-state index in [1.54, 1.807) is 54.6 Å². The van der Waals surface area contributed by atoms with Crippen molar-refractivity contribution in [2.45, 2.75) is 51.0 Å². The third kappa shape index (κ3) is 7.19. The summed E-state index contributed by atoms with van der Waals surface area (Å²) in [6.07, 6.45) is 5.65. The molecule has 0 aromatic heterocycles. The minimum atomic E-state index is -0.619. The maximum absolute atomic E-state index is 12.1. The lowest BCUT2D eigenvalue weighted by molar-refractivity contribution is -0.134. The predicted molar refractivity (Wildman–Crippen MR) is 118 cm³/mol. The summed E-state index contributed by atoms with van der Waals surface area (Å²) >= 11 is 0. The van der Waals surface area contributed by atoms with Crippen molar-refractivity contribution >= 4 is 23.3 Å². The van der Waals surface area contributed by atoms with E-state index >= 15 is 0 Å². The molecule has 6 nitrogen and oxygen atoms in total. The number of aliphatic hydroxyl groups excluding tert-OH is 1. The van der Waals surface area contributed by atoms with Crippen LogP contribution in [0.3, 0.4) is 0 Å². The number of Topliss-reactive ketones (excluding diaryl/α,β-unsaturated/α-hetero) is 1. The Morgan fingerprint density at radius 1 is 0.968 bits per heavy atom. The second-order valence-electron chi connectivity index (χ2n) is 7.62. The fourth-order valence-corrected chi connectivity index (χ4v) is 3.45. The molecule has 0 heterocycles. The number of ether oxygens (including phenoxy) is 1. The van der Waals surface area contributed by atoms with Gasteiger partial charge in [-0.25, -0.2) is 0 Å². The first-order chi connectivity index (χ1) is 15.0. The van der Waals surface area contributed by atoms with Gasteiger partial charge in [0, 0.05) is 24.1 Å². The monoisotopic (exact) mass is 421 g/mol. The summed E-state index contributed by atoms with van der Waals surface area (Å²) in [5, 5.41) is 12.2. The van der Waals surface area contributed by atoms with Crippen LogP contribution in [0.5, 0.6) is 5.75 Å². The van der Waals surface area contributed by atoms with E-state index in [4.69, 9.17) is 4.74 Å². The largest absolute Gasteiger partial charge is 0.427 e. The van der Waals surface area contributed by atoms with Crippen LogP contribution < -0.4 is 10.1 Å². The molecule has 31 heavy (non-hydrogen) atoms. The molecule has 0 bridgehead atoms. The molecule has 0 aliphatic heterocycles. The van der Waals surface area contributed by atoms with Crippen LogP contribution in [-0.2, 0) is 9.59 Å². The topological polar surface area (TPSA) is 92.7 Å². The van der Waals surface area contributed by atoms with Gasteiger partial charge in [0.1, 0.15) is 5.75 Å². The van der Waals surface area contributed by atoms with Crippen LogP contribution in [0, 0.1) is 0 Å². The van der Waals surface area contributed by atoms with Gasteiger partial charge in [-0.1, -0.05) is 31.0 Å². The van der Waals surface area contributed by atoms with Gasteiger partial charge in [0.05, 0.1) is 6.10 Å². The van der Waals surface area contributed by atoms with E-state index < -0.39 is 6.10 Å². The third-order valence-corrected chi connectivity index (χ3v) is 5.10. The number of allylic oxidation sites excluding steroid dienone is 1. The Labute approximate surface area is 181 Å². The lowest BCUT2D eigenvalue weighted by Gasteiger charge is -2.07. The van der Waals surface area contributed by atoms with E-state index in [1.165, 1.54) is 0 Å². The highest BCUT2D eigenvalue weighted by molar-refractivity contribution is 6.04. The van der Waals surface area contributed by atoms with Crippen molar-refractivity contribution in [2.75, 3.05) is 5.32 Å². The fraction of sp³-hybridized carbons (Fsp3) is 0.320. The number of aliphatic hydroxyl groups is 1. The van der Waals surface area contributed by atoms with Gasteiger partial charge < -0.3 is 15.2 Å². The second kappa shape index (κ2) is 11.2. The Hall–Kier alpha value is -3.25. The summed E-state index contributed by atoms with van der Waals surface area (Å²) < 4.78 is 5.34. The number of anilines is 1. The zero-order valence-corrected chi connectivity index (χ0v) is 17.4. The van der Waals surface area contributed by atoms with Crippen molar-refractivity contribution in [1.29, 1.82) is 0 Å². The molecule has 162 valence electrons. The van der Waals surface area contributed by atoms with Gasteiger partial charge in [0.2, 0.25) is 0 Å². The molecule has 0 saturated carbocycles. The van der Waals surface area contributed by atoms with Gasteiger partial charge in [0.15, 0.2) is 5.78 Å². The van der Waals surface area contributed by atoms with Crippen LogP contribution in [-0.4, -0.2) is 28.9 Å². The Bertz CT molecular complexity index is 934. The Balaban J connectivity index is 1.32. The van der Waals surface area contributed by atoms with Gasteiger partial charge in [-0.05, 0) is 67.3 Å². The van der Waals surface area contributed by atoms with E-state index in [2.05, 4.69) is 5.32 Å². The summed E-state index contributed by atoms with van der Waals surface area (Å²) in [6, 6.07) is 15.6. The molecule has 1 amide bonds. The Morgan fingerprint density at radius 2 is 1.68 bits per heavy atom. The average Bonchev–Trinajstić information content (AvgIpc) is 3.09. The number of rotatable bonds is 10. The van der Waals surface area contributed by atoms with Crippen LogP contribution in [0.1, 0.15) is 55.3 Å². The highest BCUT2D eigenvalue weighted by Gasteiger charge is 2.21. The first-order valence-electron chi connectivity index (χ1n) is 10.6. The number of ketones is 1. The van der Waals surface area contributed by atoms with E-state index in [0.717, 1.165) is 31.3 Å². The SMILES string of the molecule is O=C(CCCCCCC1=CC(O)CC1=O)Oc1ccc(NC(=O)c2ccccc2)cc1. The number of hydrogen-bond acceptors (Lipinski definition) is 5. The zero-order chi connectivity index (χ0) is 22.1. The van der Waals surface area contributed by atoms with Gasteiger partial charge >= 0.3 is 5.97 Å². The normalized spacial score (nSPS) is 15.5. The highest BCUT2D eigenvalue weighted by atomic mass is 16.5. The molecule has 2 N–H and O–H groups in total. The van der Waals surface area contributed by atoms with Crippen LogP contribution in [0.2, 0.25) is 0 Å². The van der Waals surface area contributed by atoms with Crippen molar-refractivity contribution in [1.82, 2.24) is 0 Å². The highest BCUT2D eigenvalue weighted by Crippen LogP contribution is 2.21. The average molecular weight is 421 g/mol. The quantitative estimate of drug-likeness (QED) is 0.336. The molecule has 0 saturated heterocycles. The van der Waals surface area contributed by atoms with Crippen molar-refractivity contribution in [3.05, 3.63) is 71.8 Å². The molecule has 1 atom stereocenters. The number of hydrogen-bond donors (Lipinski definition) is 2. The maximum Gasteiger partial charge on any atom is 0.311 e. The second-order valence-corrected chi connectivity index (χ2v) is 7.62. The summed E-state index contributed by atoms with van der Waals surface area (Å²) in [5.74, 6) is -0.0114. The number of unbranched alkanes of at least 4 members (excludes halogenated alkanes) is 3. The number of carbonyl (C=O) groups excluding carboxylic acids is 3. The third-order valence-electron chi connectivity index (χ3n) is 5.10. The van der Waals surface area contributed by atoms with Crippen molar-refractivity contribution < 1.29 is 24.2 Å². The van der Waals surface area contributed by atoms with Crippen LogP contribution in [0.25, 0.3) is 0 Å². The minimum Gasteiger partial charge on any atom is -0.427 e. The molecule has 1 aliphatic carbocycles. The number of carbonyl (C=O) groups is 3.